The van der Waals surface area contributed by atoms with E-state index in [2.05, 4.69) is 27.7 Å². The molecule has 0 bridgehead atoms. The number of rotatable bonds is 48. The van der Waals surface area contributed by atoms with E-state index in [0.29, 0.717) is 19.3 Å². The molecule has 0 saturated carbocycles. The average molecular weight is 835 g/mol. The van der Waals surface area contributed by atoms with Gasteiger partial charge in [-0.3, -0.25) is 14.4 Å². The van der Waals surface area contributed by atoms with Crippen molar-refractivity contribution in [3.05, 3.63) is 0 Å². The Kier molecular flexibility index (Phi) is 46.2. The highest BCUT2D eigenvalue weighted by Gasteiger charge is 2.19. The van der Waals surface area contributed by atoms with E-state index in [4.69, 9.17) is 14.2 Å². The van der Waals surface area contributed by atoms with E-state index in [9.17, 15) is 14.4 Å². The molecule has 0 radical (unpaired) electrons. The fourth-order valence-corrected chi connectivity index (χ4v) is 8.04. The van der Waals surface area contributed by atoms with Crippen LogP contribution >= 0.6 is 0 Å². The van der Waals surface area contributed by atoms with Gasteiger partial charge >= 0.3 is 17.9 Å². The molecular weight excluding hydrogens is 733 g/mol. The topological polar surface area (TPSA) is 78.9 Å². The van der Waals surface area contributed by atoms with Crippen LogP contribution in [0.4, 0.5) is 0 Å². The van der Waals surface area contributed by atoms with Crippen molar-refractivity contribution in [1.29, 1.82) is 0 Å². The van der Waals surface area contributed by atoms with Crippen LogP contribution in [-0.2, 0) is 28.6 Å². The predicted molar refractivity (Wildman–Crippen MR) is 252 cm³/mol. The van der Waals surface area contributed by atoms with Crippen LogP contribution in [0.15, 0.2) is 0 Å². The highest BCUT2D eigenvalue weighted by molar-refractivity contribution is 5.71. The summed E-state index contributed by atoms with van der Waals surface area (Å²) in [7, 11) is 0. The summed E-state index contributed by atoms with van der Waals surface area (Å²) in [4.78, 5) is 37.9. The van der Waals surface area contributed by atoms with Crippen molar-refractivity contribution in [3.8, 4) is 0 Å². The molecule has 0 heterocycles. The fourth-order valence-electron chi connectivity index (χ4n) is 8.04. The molecule has 0 saturated heterocycles. The van der Waals surface area contributed by atoms with Crippen molar-refractivity contribution in [2.24, 2.45) is 5.92 Å². The molecule has 0 spiro atoms. The van der Waals surface area contributed by atoms with Gasteiger partial charge in [0.1, 0.15) is 13.2 Å². The Morgan fingerprint density at radius 3 is 0.831 bits per heavy atom. The highest BCUT2D eigenvalue weighted by Crippen LogP contribution is 2.17. The van der Waals surface area contributed by atoms with Gasteiger partial charge in [-0.15, -0.1) is 0 Å². The van der Waals surface area contributed by atoms with Crippen LogP contribution in [0.5, 0.6) is 0 Å². The molecular formula is C53H102O6. The predicted octanol–water partition coefficient (Wildman–Crippen LogP) is 17.1. The maximum Gasteiger partial charge on any atom is 0.306 e. The number of unbranched alkanes of at least 4 members (excludes halogenated alkanes) is 35. The number of ether oxygens (including phenoxy) is 3. The molecule has 0 rings (SSSR count). The smallest absolute Gasteiger partial charge is 0.306 e. The zero-order valence-corrected chi connectivity index (χ0v) is 40.2. The molecule has 0 aliphatic rings. The van der Waals surface area contributed by atoms with Crippen LogP contribution in [0.1, 0.15) is 297 Å². The first-order valence-corrected chi connectivity index (χ1v) is 26.4. The van der Waals surface area contributed by atoms with E-state index >= 15 is 0 Å². The van der Waals surface area contributed by atoms with Crippen LogP contribution < -0.4 is 0 Å². The largest absolute Gasteiger partial charge is 0.462 e. The summed E-state index contributed by atoms with van der Waals surface area (Å²) in [6, 6.07) is 0. The summed E-state index contributed by atoms with van der Waals surface area (Å²) in [6.07, 6.45) is 49.5. The Morgan fingerprint density at radius 2 is 0.559 bits per heavy atom. The van der Waals surface area contributed by atoms with E-state index in [1.807, 2.05) is 0 Å². The zero-order valence-electron chi connectivity index (χ0n) is 40.2. The first-order chi connectivity index (χ1) is 28.9. The van der Waals surface area contributed by atoms with Gasteiger partial charge in [-0.05, 0) is 25.2 Å². The Hall–Kier alpha value is -1.59. The van der Waals surface area contributed by atoms with Gasteiger partial charge in [0.2, 0.25) is 0 Å². The van der Waals surface area contributed by atoms with E-state index in [1.165, 1.54) is 193 Å². The minimum Gasteiger partial charge on any atom is -0.462 e. The van der Waals surface area contributed by atoms with Crippen molar-refractivity contribution >= 4 is 17.9 Å². The summed E-state index contributed by atoms with van der Waals surface area (Å²) >= 11 is 0. The zero-order chi connectivity index (χ0) is 43.1. The fraction of sp³-hybridized carbons (Fsp3) is 0.943. The van der Waals surface area contributed by atoms with Crippen LogP contribution in [0, 0.1) is 5.92 Å². The highest BCUT2D eigenvalue weighted by atomic mass is 16.6. The molecule has 0 unspecified atom stereocenters. The van der Waals surface area contributed by atoms with Gasteiger partial charge < -0.3 is 14.2 Å². The Bertz CT molecular complexity index is 887. The van der Waals surface area contributed by atoms with Gasteiger partial charge in [-0.2, -0.15) is 0 Å². The molecule has 0 aromatic heterocycles. The second-order valence-electron chi connectivity index (χ2n) is 18.6. The van der Waals surface area contributed by atoms with Crippen molar-refractivity contribution in [1.82, 2.24) is 0 Å². The van der Waals surface area contributed by atoms with E-state index in [0.717, 1.165) is 63.7 Å². The number of hydrogen-bond acceptors (Lipinski definition) is 6. The third-order valence-corrected chi connectivity index (χ3v) is 12.0. The van der Waals surface area contributed by atoms with Crippen molar-refractivity contribution < 1.29 is 28.6 Å². The van der Waals surface area contributed by atoms with Crippen LogP contribution in [-0.4, -0.2) is 37.2 Å². The van der Waals surface area contributed by atoms with Gasteiger partial charge in [-0.25, -0.2) is 0 Å². The summed E-state index contributed by atoms with van der Waals surface area (Å²) in [5.41, 5.74) is 0. The van der Waals surface area contributed by atoms with Crippen molar-refractivity contribution in [2.75, 3.05) is 13.2 Å². The average Bonchev–Trinajstić information content (AvgIpc) is 3.22. The molecule has 0 amide bonds. The molecule has 350 valence electrons. The number of hydrogen-bond donors (Lipinski definition) is 0. The minimum absolute atomic E-state index is 0.0626. The molecule has 0 aromatic carbocycles. The summed E-state index contributed by atoms with van der Waals surface area (Å²) < 4.78 is 16.8. The standard InChI is InChI=1S/C53H102O6/c1-5-7-9-11-13-15-16-17-22-26-30-34-38-42-46-53(56)59-50(47-57-51(54)44-40-36-32-27-14-12-10-8-6-2)48-58-52(55)45-41-37-33-29-25-23-20-18-19-21-24-28-31-35-39-43-49(3)4/h49-50H,5-48H2,1-4H3/t50-/m1/s1. The van der Waals surface area contributed by atoms with Crippen LogP contribution in [0.3, 0.4) is 0 Å². The molecule has 59 heavy (non-hydrogen) atoms. The maximum atomic E-state index is 12.8. The Balaban J connectivity index is 4.23. The molecule has 0 aromatic rings. The van der Waals surface area contributed by atoms with Gasteiger partial charge in [-0.1, -0.05) is 259 Å². The lowest BCUT2D eigenvalue weighted by atomic mass is 10.0. The first kappa shape index (κ1) is 57.4. The Labute approximate surface area is 368 Å². The van der Waals surface area contributed by atoms with Gasteiger partial charge in [0.05, 0.1) is 0 Å². The lowest BCUT2D eigenvalue weighted by Gasteiger charge is -2.18. The molecule has 6 heteroatoms. The van der Waals surface area contributed by atoms with E-state index < -0.39 is 6.10 Å². The van der Waals surface area contributed by atoms with E-state index in [-0.39, 0.29) is 31.1 Å². The molecule has 0 aliphatic carbocycles. The minimum atomic E-state index is -0.760. The van der Waals surface area contributed by atoms with Gasteiger partial charge in [0.15, 0.2) is 6.10 Å². The summed E-state index contributed by atoms with van der Waals surface area (Å²) in [5.74, 6) is 0.00412. The van der Waals surface area contributed by atoms with Gasteiger partial charge in [0, 0.05) is 19.3 Å². The molecule has 6 nitrogen and oxygen atoms in total. The Morgan fingerprint density at radius 1 is 0.322 bits per heavy atom. The van der Waals surface area contributed by atoms with E-state index in [1.54, 1.807) is 0 Å². The normalized spacial score (nSPS) is 11.9. The number of carbonyl (C=O) groups excluding carboxylic acids is 3. The van der Waals surface area contributed by atoms with Gasteiger partial charge in [0.25, 0.3) is 0 Å². The quantitative estimate of drug-likeness (QED) is 0.0345. The molecule has 0 N–H and O–H groups in total. The second kappa shape index (κ2) is 47.5. The van der Waals surface area contributed by atoms with Crippen LogP contribution in [0.25, 0.3) is 0 Å². The van der Waals surface area contributed by atoms with Crippen LogP contribution in [0.2, 0.25) is 0 Å². The summed E-state index contributed by atoms with van der Waals surface area (Å²) in [5, 5.41) is 0. The SMILES string of the molecule is CCCCCCCCCCCCCCCCC(=O)O[C@H](COC(=O)CCCCCCCCCCC)COC(=O)CCCCCCCCCCCCCCCCCC(C)C. The second-order valence-corrected chi connectivity index (χ2v) is 18.6. The first-order valence-electron chi connectivity index (χ1n) is 26.4. The monoisotopic (exact) mass is 835 g/mol. The molecule has 0 fully saturated rings. The third kappa shape index (κ3) is 47.3. The number of esters is 3. The molecule has 1 atom stereocenters. The summed E-state index contributed by atoms with van der Waals surface area (Å²) in [6.45, 7) is 9.03. The van der Waals surface area contributed by atoms with Crippen molar-refractivity contribution in [3.63, 3.8) is 0 Å². The van der Waals surface area contributed by atoms with Crippen molar-refractivity contribution in [2.45, 2.75) is 303 Å². The lowest BCUT2D eigenvalue weighted by Crippen LogP contribution is -2.30. The third-order valence-electron chi connectivity index (χ3n) is 12.0. The molecule has 0 aliphatic heterocycles. The lowest BCUT2D eigenvalue weighted by molar-refractivity contribution is -0.167. The number of carbonyl (C=O) groups is 3. The maximum absolute atomic E-state index is 12.8.